The molecule has 13 heavy (non-hydrogen) atoms. The van der Waals surface area contributed by atoms with Crippen molar-refractivity contribution in [3.8, 4) is 0 Å². The molecule has 1 aliphatic carbocycles. The molecular weight excluding hydrogens is 160 g/mol. The lowest BCUT2D eigenvalue weighted by molar-refractivity contribution is 0.0942. The second kappa shape index (κ2) is 4.99. The molecule has 3 unspecified atom stereocenters. The summed E-state index contributed by atoms with van der Waals surface area (Å²) >= 11 is 0. The predicted molar refractivity (Wildman–Crippen MR) is 56.6 cm³/mol. The molecule has 0 aliphatic heterocycles. The minimum atomic E-state index is -0.0210. The van der Waals surface area contributed by atoms with Gasteiger partial charge in [0, 0.05) is 0 Å². The van der Waals surface area contributed by atoms with Gasteiger partial charge in [-0.05, 0) is 43.4 Å². The maximum Gasteiger partial charge on any atom is 0.0568 e. The molecule has 1 saturated carbocycles. The van der Waals surface area contributed by atoms with Crippen LogP contribution in [-0.2, 0) is 0 Å². The summed E-state index contributed by atoms with van der Waals surface area (Å²) in [4.78, 5) is 0. The average molecular weight is 184 g/mol. The Hall–Kier alpha value is -0.0400. The summed E-state index contributed by atoms with van der Waals surface area (Å²) in [6.07, 6.45) is 5.98. The minimum Gasteiger partial charge on any atom is -0.393 e. The van der Waals surface area contributed by atoms with Crippen LogP contribution in [0.4, 0.5) is 0 Å². The number of rotatable bonds is 4. The highest BCUT2D eigenvalue weighted by Crippen LogP contribution is 2.34. The van der Waals surface area contributed by atoms with Gasteiger partial charge in [0.15, 0.2) is 0 Å². The number of aliphatic hydroxyl groups excluding tert-OH is 1. The molecule has 0 saturated heterocycles. The summed E-state index contributed by atoms with van der Waals surface area (Å²) in [6, 6.07) is 0. The topological polar surface area (TPSA) is 20.2 Å². The third kappa shape index (κ3) is 3.68. The van der Waals surface area contributed by atoms with E-state index in [1.807, 2.05) is 0 Å². The molecule has 1 heteroatoms. The molecule has 0 amide bonds. The summed E-state index contributed by atoms with van der Waals surface area (Å²) in [6.45, 7) is 6.75. The summed E-state index contributed by atoms with van der Waals surface area (Å²) in [5.41, 5.74) is 0. The smallest absolute Gasteiger partial charge is 0.0568 e. The molecule has 0 aromatic rings. The van der Waals surface area contributed by atoms with Crippen LogP contribution in [0.2, 0.25) is 0 Å². The van der Waals surface area contributed by atoms with Crippen molar-refractivity contribution in [3.05, 3.63) is 0 Å². The fourth-order valence-corrected chi connectivity index (χ4v) is 2.34. The van der Waals surface area contributed by atoms with Crippen molar-refractivity contribution >= 4 is 0 Å². The first-order valence-electron chi connectivity index (χ1n) is 5.77. The van der Waals surface area contributed by atoms with Crippen LogP contribution in [0.3, 0.4) is 0 Å². The second-order valence-corrected chi connectivity index (χ2v) is 5.22. The van der Waals surface area contributed by atoms with E-state index in [2.05, 4.69) is 20.8 Å². The molecule has 1 aliphatic rings. The molecule has 0 aromatic carbocycles. The monoisotopic (exact) mass is 184 g/mol. The first kappa shape index (κ1) is 11.0. The van der Waals surface area contributed by atoms with Gasteiger partial charge in [0.1, 0.15) is 0 Å². The van der Waals surface area contributed by atoms with Crippen molar-refractivity contribution in [1.82, 2.24) is 0 Å². The molecule has 0 heterocycles. The minimum absolute atomic E-state index is 0.0210. The van der Waals surface area contributed by atoms with Crippen LogP contribution in [0.15, 0.2) is 0 Å². The Morgan fingerprint density at radius 3 is 2.38 bits per heavy atom. The van der Waals surface area contributed by atoms with Gasteiger partial charge in [-0.3, -0.25) is 0 Å². The quantitative estimate of drug-likeness (QED) is 0.711. The highest BCUT2D eigenvalue weighted by molar-refractivity contribution is 4.78. The lowest BCUT2D eigenvalue weighted by Crippen LogP contribution is -2.18. The van der Waals surface area contributed by atoms with E-state index in [0.717, 1.165) is 18.3 Å². The van der Waals surface area contributed by atoms with Gasteiger partial charge in [-0.2, -0.15) is 0 Å². The molecule has 0 aromatic heterocycles. The van der Waals surface area contributed by atoms with Crippen molar-refractivity contribution in [2.75, 3.05) is 0 Å². The highest BCUT2D eigenvalue weighted by Gasteiger charge is 2.27. The molecule has 0 bridgehead atoms. The standard InChI is InChI=1S/C12H24O/c1-9(2)4-7-12(13)11-6-5-10(3)8-11/h9-13H,4-8H2,1-3H3. The van der Waals surface area contributed by atoms with Gasteiger partial charge in [-0.15, -0.1) is 0 Å². The fraction of sp³-hybridized carbons (Fsp3) is 1.00. The Kier molecular flexibility index (Phi) is 4.24. The highest BCUT2D eigenvalue weighted by atomic mass is 16.3. The first-order chi connectivity index (χ1) is 6.09. The normalized spacial score (nSPS) is 31.2. The van der Waals surface area contributed by atoms with Crippen molar-refractivity contribution < 1.29 is 5.11 Å². The van der Waals surface area contributed by atoms with E-state index in [1.54, 1.807) is 0 Å². The Balaban J connectivity index is 2.19. The van der Waals surface area contributed by atoms with Crippen LogP contribution in [0, 0.1) is 17.8 Å². The van der Waals surface area contributed by atoms with Crippen molar-refractivity contribution in [2.24, 2.45) is 17.8 Å². The molecule has 1 nitrogen and oxygen atoms in total. The summed E-state index contributed by atoms with van der Waals surface area (Å²) in [5, 5.41) is 9.92. The number of aliphatic hydroxyl groups is 1. The van der Waals surface area contributed by atoms with Crippen molar-refractivity contribution in [1.29, 1.82) is 0 Å². The van der Waals surface area contributed by atoms with E-state index < -0.39 is 0 Å². The Bertz CT molecular complexity index is 142. The van der Waals surface area contributed by atoms with Gasteiger partial charge in [-0.1, -0.05) is 27.2 Å². The maximum absolute atomic E-state index is 9.92. The van der Waals surface area contributed by atoms with Crippen LogP contribution < -0.4 is 0 Å². The number of hydrogen-bond acceptors (Lipinski definition) is 1. The molecule has 1 fully saturated rings. The van der Waals surface area contributed by atoms with Gasteiger partial charge >= 0.3 is 0 Å². The van der Waals surface area contributed by atoms with Crippen molar-refractivity contribution in [3.63, 3.8) is 0 Å². The van der Waals surface area contributed by atoms with E-state index in [4.69, 9.17) is 0 Å². The SMILES string of the molecule is CC(C)CCC(O)C1CCC(C)C1. The summed E-state index contributed by atoms with van der Waals surface area (Å²) < 4.78 is 0. The van der Waals surface area contributed by atoms with Gasteiger partial charge in [0.25, 0.3) is 0 Å². The molecule has 3 atom stereocenters. The second-order valence-electron chi connectivity index (χ2n) is 5.22. The van der Waals surface area contributed by atoms with E-state index in [0.29, 0.717) is 5.92 Å². The van der Waals surface area contributed by atoms with Crippen LogP contribution in [0.25, 0.3) is 0 Å². The van der Waals surface area contributed by atoms with Crippen LogP contribution >= 0.6 is 0 Å². The predicted octanol–water partition coefficient (Wildman–Crippen LogP) is 3.22. The van der Waals surface area contributed by atoms with Crippen LogP contribution in [0.1, 0.15) is 52.9 Å². The molecule has 1 N–H and O–H groups in total. The third-order valence-electron chi connectivity index (χ3n) is 3.32. The lowest BCUT2D eigenvalue weighted by Gasteiger charge is -2.18. The third-order valence-corrected chi connectivity index (χ3v) is 3.32. The molecule has 1 rings (SSSR count). The van der Waals surface area contributed by atoms with E-state index in [9.17, 15) is 5.11 Å². The Morgan fingerprint density at radius 1 is 1.23 bits per heavy atom. The van der Waals surface area contributed by atoms with E-state index >= 15 is 0 Å². The van der Waals surface area contributed by atoms with Gasteiger partial charge < -0.3 is 5.11 Å². The fourth-order valence-electron chi connectivity index (χ4n) is 2.34. The van der Waals surface area contributed by atoms with Crippen molar-refractivity contribution in [2.45, 2.75) is 59.0 Å². The zero-order chi connectivity index (χ0) is 9.84. The van der Waals surface area contributed by atoms with Gasteiger partial charge in [0.2, 0.25) is 0 Å². The molecule has 0 radical (unpaired) electrons. The zero-order valence-electron chi connectivity index (χ0n) is 9.29. The largest absolute Gasteiger partial charge is 0.393 e. The molecule has 78 valence electrons. The Labute approximate surface area is 82.5 Å². The summed E-state index contributed by atoms with van der Waals surface area (Å²) in [5.74, 6) is 2.18. The number of hydrogen-bond donors (Lipinski definition) is 1. The maximum atomic E-state index is 9.92. The van der Waals surface area contributed by atoms with Crippen LogP contribution in [-0.4, -0.2) is 11.2 Å². The lowest BCUT2D eigenvalue weighted by atomic mass is 9.93. The van der Waals surface area contributed by atoms with Gasteiger partial charge in [0.05, 0.1) is 6.10 Å². The van der Waals surface area contributed by atoms with Gasteiger partial charge in [-0.25, -0.2) is 0 Å². The average Bonchev–Trinajstić information content (AvgIpc) is 2.47. The van der Waals surface area contributed by atoms with E-state index in [1.165, 1.54) is 25.7 Å². The molecule has 0 spiro atoms. The first-order valence-corrected chi connectivity index (χ1v) is 5.77. The van der Waals surface area contributed by atoms with Crippen LogP contribution in [0.5, 0.6) is 0 Å². The Morgan fingerprint density at radius 2 is 1.92 bits per heavy atom. The zero-order valence-corrected chi connectivity index (χ0v) is 9.29. The van der Waals surface area contributed by atoms with E-state index in [-0.39, 0.29) is 6.10 Å². The molecular formula is C12H24O. The summed E-state index contributed by atoms with van der Waals surface area (Å²) in [7, 11) is 0.